The Balaban J connectivity index is 2.23. The summed E-state index contributed by atoms with van der Waals surface area (Å²) in [6, 6.07) is 18.8. The van der Waals surface area contributed by atoms with Crippen LogP contribution in [0.2, 0.25) is 0 Å². The molecule has 3 aromatic rings. The summed E-state index contributed by atoms with van der Waals surface area (Å²) >= 11 is 0.928. The largest absolute Gasteiger partial charge is 0.453 e. The van der Waals surface area contributed by atoms with Crippen LogP contribution in [0.4, 0.5) is 8.78 Å². The van der Waals surface area contributed by atoms with Gasteiger partial charge in [-0.25, -0.2) is 8.78 Å². The van der Waals surface area contributed by atoms with Gasteiger partial charge in [-0.15, -0.1) is 0 Å². The lowest BCUT2D eigenvalue weighted by Crippen LogP contribution is -2.03. The molecule has 0 N–H and O–H groups in total. The van der Waals surface area contributed by atoms with Gasteiger partial charge in [0.25, 0.3) is 0 Å². The molecule has 0 spiro atoms. The number of hydrogen-bond acceptors (Lipinski definition) is 4. The second-order valence-electron chi connectivity index (χ2n) is 5.54. The SMILES string of the molecule is Cc1ccccc1Oc1c(F)c(C#N)c(C#N)c(F)c1Sc1ccccc1. The highest BCUT2D eigenvalue weighted by molar-refractivity contribution is 7.99. The van der Waals surface area contributed by atoms with E-state index in [-0.39, 0.29) is 4.90 Å². The minimum Gasteiger partial charge on any atom is -0.453 e. The van der Waals surface area contributed by atoms with Gasteiger partial charge in [-0.2, -0.15) is 10.5 Å². The Morgan fingerprint density at radius 3 is 2.07 bits per heavy atom. The topological polar surface area (TPSA) is 56.8 Å². The predicted octanol–water partition coefficient (Wildman–Crippen LogP) is 5.96. The van der Waals surface area contributed by atoms with E-state index in [2.05, 4.69) is 0 Å². The van der Waals surface area contributed by atoms with Crippen LogP contribution in [0.15, 0.2) is 64.4 Å². The lowest BCUT2D eigenvalue weighted by Gasteiger charge is -2.16. The molecule has 0 amide bonds. The van der Waals surface area contributed by atoms with E-state index >= 15 is 8.78 Å². The second-order valence-corrected chi connectivity index (χ2v) is 6.63. The maximum atomic E-state index is 15.0. The second kappa shape index (κ2) is 7.90. The normalized spacial score (nSPS) is 10.1. The molecule has 0 bridgehead atoms. The molecular weight excluding hydrogens is 366 g/mol. The van der Waals surface area contributed by atoms with E-state index in [1.807, 2.05) is 0 Å². The molecule has 0 aromatic heterocycles. The summed E-state index contributed by atoms with van der Waals surface area (Å²) in [5, 5.41) is 18.4. The molecule has 0 unspecified atom stereocenters. The van der Waals surface area contributed by atoms with Gasteiger partial charge in [0, 0.05) is 4.90 Å². The number of nitriles is 2. The van der Waals surface area contributed by atoms with Crippen LogP contribution < -0.4 is 4.74 Å². The van der Waals surface area contributed by atoms with E-state index in [9.17, 15) is 10.5 Å². The third-order valence-corrected chi connectivity index (χ3v) is 4.86. The van der Waals surface area contributed by atoms with Crippen molar-refractivity contribution in [2.24, 2.45) is 0 Å². The summed E-state index contributed by atoms with van der Waals surface area (Å²) in [6.45, 7) is 1.77. The van der Waals surface area contributed by atoms with Crippen molar-refractivity contribution in [3.8, 4) is 23.6 Å². The van der Waals surface area contributed by atoms with Crippen molar-refractivity contribution < 1.29 is 13.5 Å². The molecular formula is C21H12F2N2OS. The van der Waals surface area contributed by atoms with Crippen molar-refractivity contribution in [3.05, 3.63) is 82.9 Å². The summed E-state index contributed by atoms with van der Waals surface area (Å²) in [4.78, 5) is 0.455. The molecule has 27 heavy (non-hydrogen) atoms. The lowest BCUT2D eigenvalue weighted by molar-refractivity contribution is 0.416. The number of halogens is 2. The first-order chi connectivity index (χ1) is 13.1. The van der Waals surface area contributed by atoms with E-state index < -0.39 is 28.5 Å². The Morgan fingerprint density at radius 1 is 0.852 bits per heavy atom. The lowest BCUT2D eigenvalue weighted by atomic mass is 10.1. The summed E-state index contributed by atoms with van der Waals surface area (Å²) in [6.07, 6.45) is 0. The zero-order valence-corrected chi connectivity index (χ0v) is 15.0. The average Bonchev–Trinajstić information content (AvgIpc) is 2.69. The highest BCUT2D eigenvalue weighted by Gasteiger charge is 2.27. The average molecular weight is 378 g/mol. The van der Waals surface area contributed by atoms with Gasteiger partial charge in [0.15, 0.2) is 17.4 Å². The number of nitrogens with zero attached hydrogens (tertiary/aromatic N) is 2. The zero-order chi connectivity index (χ0) is 19.4. The van der Waals surface area contributed by atoms with E-state index in [0.29, 0.717) is 10.6 Å². The number of hydrogen-bond donors (Lipinski definition) is 0. The molecule has 0 saturated carbocycles. The molecule has 0 radical (unpaired) electrons. The fourth-order valence-electron chi connectivity index (χ4n) is 2.43. The van der Waals surface area contributed by atoms with Crippen molar-refractivity contribution in [2.45, 2.75) is 16.7 Å². The Morgan fingerprint density at radius 2 is 1.44 bits per heavy atom. The van der Waals surface area contributed by atoms with Crippen LogP contribution in [0.1, 0.15) is 16.7 Å². The predicted molar refractivity (Wildman–Crippen MR) is 97.6 cm³/mol. The highest BCUT2D eigenvalue weighted by Crippen LogP contribution is 2.43. The Hall–Kier alpha value is -3.35. The zero-order valence-electron chi connectivity index (χ0n) is 14.2. The molecule has 0 fully saturated rings. The van der Waals surface area contributed by atoms with Gasteiger partial charge >= 0.3 is 0 Å². The first-order valence-electron chi connectivity index (χ1n) is 7.88. The van der Waals surface area contributed by atoms with Crippen molar-refractivity contribution in [2.75, 3.05) is 0 Å². The van der Waals surface area contributed by atoms with E-state index in [1.54, 1.807) is 73.7 Å². The molecule has 0 aliphatic rings. The Bertz CT molecular complexity index is 1090. The van der Waals surface area contributed by atoms with Crippen LogP contribution in [0.3, 0.4) is 0 Å². The van der Waals surface area contributed by atoms with E-state index in [0.717, 1.165) is 17.3 Å². The summed E-state index contributed by atoms with van der Waals surface area (Å²) in [7, 11) is 0. The number of rotatable bonds is 4. The third-order valence-electron chi connectivity index (χ3n) is 3.79. The van der Waals surface area contributed by atoms with Crippen LogP contribution >= 0.6 is 11.8 Å². The minimum atomic E-state index is -1.06. The maximum Gasteiger partial charge on any atom is 0.186 e. The Kier molecular flexibility index (Phi) is 5.40. The van der Waals surface area contributed by atoms with Crippen LogP contribution in [0, 0.1) is 41.2 Å². The first kappa shape index (κ1) is 18.4. The first-order valence-corrected chi connectivity index (χ1v) is 8.70. The minimum absolute atomic E-state index is 0.183. The van der Waals surface area contributed by atoms with Crippen molar-refractivity contribution in [3.63, 3.8) is 0 Å². The number of benzene rings is 3. The van der Waals surface area contributed by atoms with Crippen LogP contribution in [0.25, 0.3) is 0 Å². The quantitative estimate of drug-likeness (QED) is 0.562. The molecule has 0 saturated heterocycles. The monoisotopic (exact) mass is 378 g/mol. The molecule has 0 heterocycles. The van der Waals surface area contributed by atoms with Gasteiger partial charge in [0.1, 0.15) is 29.0 Å². The maximum absolute atomic E-state index is 15.0. The van der Waals surface area contributed by atoms with Crippen molar-refractivity contribution in [1.29, 1.82) is 10.5 Å². The molecule has 0 aliphatic carbocycles. The highest BCUT2D eigenvalue weighted by atomic mass is 32.2. The number of para-hydroxylation sites is 1. The van der Waals surface area contributed by atoms with Crippen molar-refractivity contribution >= 4 is 11.8 Å². The van der Waals surface area contributed by atoms with Gasteiger partial charge < -0.3 is 4.74 Å². The van der Waals surface area contributed by atoms with Crippen LogP contribution in [-0.2, 0) is 0 Å². The van der Waals surface area contributed by atoms with Gasteiger partial charge in [-0.05, 0) is 30.7 Å². The molecule has 0 aliphatic heterocycles. The molecule has 6 heteroatoms. The summed E-state index contributed by atoms with van der Waals surface area (Å²) < 4.78 is 35.7. The van der Waals surface area contributed by atoms with E-state index in [1.165, 1.54) is 0 Å². The fourth-order valence-corrected chi connectivity index (χ4v) is 3.37. The van der Waals surface area contributed by atoms with Crippen molar-refractivity contribution in [1.82, 2.24) is 0 Å². The summed E-state index contributed by atoms with van der Waals surface area (Å²) in [5.41, 5.74) is -0.586. The van der Waals surface area contributed by atoms with Gasteiger partial charge in [-0.3, -0.25) is 0 Å². The summed E-state index contributed by atoms with van der Waals surface area (Å²) in [5.74, 6) is -2.12. The fraction of sp³-hybridized carbons (Fsp3) is 0.0476. The standard InChI is InChI=1S/C21H12F2N2OS/c1-13-7-5-6-10-17(13)26-20-18(22)15(11-24)16(12-25)19(23)21(20)27-14-8-3-2-4-9-14/h2-10H,1H3. The molecule has 3 rings (SSSR count). The third kappa shape index (κ3) is 3.62. The number of ether oxygens (including phenoxy) is 1. The number of aryl methyl sites for hydroxylation is 1. The smallest absolute Gasteiger partial charge is 0.186 e. The molecule has 132 valence electrons. The molecule has 0 atom stereocenters. The van der Waals surface area contributed by atoms with E-state index in [4.69, 9.17) is 4.74 Å². The van der Waals surface area contributed by atoms with Crippen LogP contribution in [-0.4, -0.2) is 0 Å². The molecule has 3 aromatic carbocycles. The molecule has 3 nitrogen and oxygen atoms in total. The Labute approximate surface area is 159 Å². The van der Waals surface area contributed by atoms with Gasteiger partial charge in [0.2, 0.25) is 0 Å². The van der Waals surface area contributed by atoms with Crippen LogP contribution in [0.5, 0.6) is 11.5 Å². The van der Waals surface area contributed by atoms with Gasteiger partial charge in [0.05, 0.1) is 4.90 Å². The van der Waals surface area contributed by atoms with Gasteiger partial charge in [-0.1, -0.05) is 48.2 Å².